The van der Waals surface area contributed by atoms with Crippen LogP contribution in [0.1, 0.15) is 27.2 Å². The lowest BCUT2D eigenvalue weighted by Gasteiger charge is -2.30. The zero-order chi connectivity index (χ0) is 9.78. The molecule has 0 aromatic rings. The summed E-state index contributed by atoms with van der Waals surface area (Å²) >= 11 is 0. The van der Waals surface area contributed by atoms with E-state index < -0.39 is 5.60 Å². The molecule has 0 heterocycles. The van der Waals surface area contributed by atoms with Gasteiger partial charge in [-0.2, -0.15) is 0 Å². The van der Waals surface area contributed by atoms with Gasteiger partial charge in [-0.15, -0.1) is 0 Å². The molecule has 0 aromatic heterocycles. The third-order valence-corrected chi connectivity index (χ3v) is 1.97. The molecule has 0 spiro atoms. The van der Waals surface area contributed by atoms with Crippen molar-refractivity contribution < 1.29 is 5.11 Å². The van der Waals surface area contributed by atoms with Gasteiger partial charge in [-0.3, -0.25) is 0 Å². The van der Waals surface area contributed by atoms with Crippen LogP contribution in [0.25, 0.3) is 0 Å². The molecule has 0 aliphatic heterocycles. The Kier molecular flexibility index (Phi) is 4.75. The van der Waals surface area contributed by atoms with Crippen LogP contribution in [0.5, 0.6) is 0 Å². The minimum atomic E-state index is -0.613. The molecule has 1 unspecified atom stereocenters. The fraction of sp³-hybridized carbons (Fsp3) is 1.00. The molecule has 74 valence electrons. The quantitative estimate of drug-likeness (QED) is 0.635. The van der Waals surface area contributed by atoms with E-state index in [9.17, 15) is 5.11 Å². The lowest BCUT2D eigenvalue weighted by atomic mass is 10.1. The maximum atomic E-state index is 9.53. The molecule has 3 N–H and O–H groups in total. The van der Waals surface area contributed by atoms with Gasteiger partial charge in [0.05, 0.1) is 5.60 Å². The average Bonchev–Trinajstić information content (AvgIpc) is 1.84. The molecular formula is C9H22N2O. The van der Waals surface area contributed by atoms with Crippen LogP contribution >= 0.6 is 0 Å². The molecule has 12 heavy (non-hydrogen) atoms. The Morgan fingerprint density at radius 1 is 1.50 bits per heavy atom. The standard InChI is InChI=1S/C9H22N2O/c1-8(5-6-10)11(4)7-9(2,3)12/h8,12H,5-7,10H2,1-4H3. The van der Waals surface area contributed by atoms with E-state index in [1.807, 2.05) is 20.9 Å². The second-order valence-corrected chi connectivity index (χ2v) is 4.15. The molecule has 0 radical (unpaired) electrons. The Bertz CT molecular complexity index is 120. The smallest absolute Gasteiger partial charge is 0.0718 e. The first-order valence-corrected chi connectivity index (χ1v) is 4.49. The van der Waals surface area contributed by atoms with Gasteiger partial charge in [0.25, 0.3) is 0 Å². The molecule has 0 bridgehead atoms. The van der Waals surface area contributed by atoms with Crippen molar-refractivity contribution in [2.24, 2.45) is 5.73 Å². The number of nitrogens with zero attached hydrogens (tertiary/aromatic N) is 1. The van der Waals surface area contributed by atoms with Crippen LogP contribution in [0, 0.1) is 0 Å². The van der Waals surface area contributed by atoms with Gasteiger partial charge in [0.15, 0.2) is 0 Å². The highest BCUT2D eigenvalue weighted by molar-refractivity contribution is 4.73. The molecule has 0 rings (SSSR count). The van der Waals surface area contributed by atoms with Gasteiger partial charge in [-0.05, 0) is 40.8 Å². The van der Waals surface area contributed by atoms with Gasteiger partial charge in [0.1, 0.15) is 0 Å². The fourth-order valence-electron chi connectivity index (χ4n) is 1.23. The normalized spacial score (nSPS) is 15.2. The monoisotopic (exact) mass is 174 g/mol. The van der Waals surface area contributed by atoms with Gasteiger partial charge >= 0.3 is 0 Å². The summed E-state index contributed by atoms with van der Waals surface area (Å²) in [7, 11) is 2.01. The summed E-state index contributed by atoms with van der Waals surface area (Å²) in [6.45, 7) is 7.15. The van der Waals surface area contributed by atoms with Gasteiger partial charge < -0.3 is 15.7 Å². The minimum Gasteiger partial charge on any atom is -0.389 e. The number of hydrogen-bond acceptors (Lipinski definition) is 3. The summed E-state index contributed by atoms with van der Waals surface area (Å²) in [6.07, 6.45) is 0.979. The van der Waals surface area contributed by atoms with Crippen molar-refractivity contribution in [2.45, 2.75) is 38.8 Å². The number of likely N-dealkylation sites (N-methyl/N-ethyl adjacent to an activating group) is 1. The van der Waals surface area contributed by atoms with Crippen LogP contribution in [0.15, 0.2) is 0 Å². The molecule has 3 nitrogen and oxygen atoms in total. The molecule has 0 aliphatic carbocycles. The SMILES string of the molecule is CC(CCN)N(C)CC(C)(C)O. The van der Waals surface area contributed by atoms with Crippen LogP contribution in [0.2, 0.25) is 0 Å². The lowest BCUT2D eigenvalue weighted by Crippen LogP contribution is -2.41. The third-order valence-electron chi connectivity index (χ3n) is 1.97. The van der Waals surface area contributed by atoms with Crippen LogP contribution in [-0.4, -0.2) is 41.8 Å². The second kappa shape index (κ2) is 4.80. The van der Waals surface area contributed by atoms with E-state index in [0.29, 0.717) is 19.1 Å². The first-order valence-electron chi connectivity index (χ1n) is 4.49. The second-order valence-electron chi connectivity index (χ2n) is 4.15. The Hall–Kier alpha value is -0.120. The average molecular weight is 174 g/mol. The molecule has 0 aliphatic rings. The first-order chi connectivity index (χ1) is 5.37. The number of aliphatic hydroxyl groups is 1. The van der Waals surface area contributed by atoms with Crippen LogP contribution in [-0.2, 0) is 0 Å². The molecule has 1 atom stereocenters. The van der Waals surface area contributed by atoms with E-state index in [0.717, 1.165) is 6.42 Å². The molecule has 0 amide bonds. The van der Waals surface area contributed by atoms with Crippen molar-refractivity contribution in [1.29, 1.82) is 0 Å². The highest BCUT2D eigenvalue weighted by Crippen LogP contribution is 2.07. The maximum Gasteiger partial charge on any atom is 0.0718 e. The highest BCUT2D eigenvalue weighted by Gasteiger charge is 2.18. The van der Waals surface area contributed by atoms with Crippen LogP contribution in [0.3, 0.4) is 0 Å². The Morgan fingerprint density at radius 2 is 2.00 bits per heavy atom. The lowest BCUT2D eigenvalue weighted by molar-refractivity contribution is 0.0328. The Labute approximate surface area is 75.6 Å². The topological polar surface area (TPSA) is 49.5 Å². The van der Waals surface area contributed by atoms with Gasteiger partial charge in [-0.25, -0.2) is 0 Å². The predicted molar refractivity (Wildman–Crippen MR) is 52.1 cm³/mol. The molecule has 0 saturated carbocycles. The van der Waals surface area contributed by atoms with E-state index in [-0.39, 0.29) is 0 Å². The van der Waals surface area contributed by atoms with Gasteiger partial charge in [0.2, 0.25) is 0 Å². The van der Waals surface area contributed by atoms with Gasteiger partial charge in [-0.1, -0.05) is 0 Å². The van der Waals surface area contributed by atoms with Crippen molar-refractivity contribution in [3.05, 3.63) is 0 Å². The first kappa shape index (κ1) is 11.9. The fourth-order valence-corrected chi connectivity index (χ4v) is 1.23. The molecule has 0 fully saturated rings. The number of rotatable bonds is 5. The van der Waals surface area contributed by atoms with Crippen LogP contribution < -0.4 is 5.73 Å². The van der Waals surface area contributed by atoms with Crippen molar-refractivity contribution in [1.82, 2.24) is 4.90 Å². The summed E-state index contributed by atoms with van der Waals surface area (Å²) in [5.41, 5.74) is 4.83. The predicted octanol–water partition coefficient (Wildman–Crippen LogP) is 0.426. The molecule has 0 saturated heterocycles. The van der Waals surface area contributed by atoms with E-state index >= 15 is 0 Å². The summed E-state index contributed by atoms with van der Waals surface area (Å²) < 4.78 is 0. The zero-order valence-corrected chi connectivity index (χ0v) is 8.67. The largest absolute Gasteiger partial charge is 0.389 e. The highest BCUT2D eigenvalue weighted by atomic mass is 16.3. The Balaban J connectivity index is 3.78. The molecule has 0 aromatic carbocycles. The molecule has 3 heteroatoms. The van der Waals surface area contributed by atoms with Gasteiger partial charge in [0, 0.05) is 12.6 Å². The van der Waals surface area contributed by atoms with Crippen LogP contribution in [0.4, 0.5) is 0 Å². The van der Waals surface area contributed by atoms with E-state index in [1.165, 1.54) is 0 Å². The summed E-state index contributed by atoms with van der Waals surface area (Å²) in [4.78, 5) is 2.13. The minimum absolute atomic E-state index is 0.446. The van der Waals surface area contributed by atoms with Crippen molar-refractivity contribution in [3.63, 3.8) is 0 Å². The third kappa shape index (κ3) is 5.52. The van der Waals surface area contributed by atoms with E-state index in [4.69, 9.17) is 5.73 Å². The summed E-state index contributed by atoms with van der Waals surface area (Å²) in [5.74, 6) is 0. The summed E-state index contributed by atoms with van der Waals surface area (Å²) in [5, 5.41) is 9.53. The van der Waals surface area contributed by atoms with Crippen molar-refractivity contribution in [3.8, 4) is 0 Å². The maximum absolute atomic E-state index is 9.53. The number of hydrogen-bond donors (Lipinski definition) is 2. The van der Waals surface area contributed by atoms with Crippen molar-refractivity contribution >= 4 is 0 Å². The Morgan fingerprint density at radius 3 is 2.33 bits per heavy atom. The van der Waals surface area contributed by atoms with Crippen molar-refractivity contribution in [2.75, 3.05) is 20.1 Å². The zero-order valence-electron chi connectivity index (χ0n) is 8.67. The molecular weight excluding hydrogens is 152 g/mol. The summed E-state index contributed by atoms with van der Waals surface area (Å²) in [6, 6.07) is 0.446. The van der Waals surface area contributed by atoms with E-state index in [2.05, 4.69) is 11.8 Å². The van der Waals surface area contributed by atoms with E-state index in [1.54, 1.807) is 0 Å². The number of nitrogens with two attached hydrogens (primary N) is 1.